The van der Waals surface area contributed by atoms with E-state index < -0.39 is 0 Å². The number of nitrogens with one attached hydrogen (secondary N) is 1. The van der Waals surface area contributed by atoms with Crippen molar-refractivity contribution in [1.82, 2.24) is 19.8 Å². The van der Waals surface area contributed by atoms with Gasteiger partial charge in [-0.15, -0.1) is 0 Å². The van der Waals surface area contributed by atoms with Crippen molar-refractivity contribution in [3.05, 3.63) is 48.0 Å². The van der Waals surface area contributed by atoms with Gasteiger partial charge in [-0.1, -0.05) is 12.1 Å². The van der Waals surface area contributed by atoms with Crippen molar-refractivity contribution < 1.29 is 9.53 Å². The van der Waals surface area contributed by atoms with Crippen molar-refractivity contribution in [2.24, 2.45) is 7.05 Å². The van der Waals surface area contributed by atoms with Crippen LogP contribution in [0.5, 0.6) is 5.75 Å². The van der Waals surface area contributed by atoms with Crippen LogP contribution >= 0.6 is 0 Å². The van der Waals surface area contributed by atoms with Crippen molar-refractivity contribution in [2.45, 2.75) is 6.04 Å². The number of aromatic nitrogens is 2. The summed E-state index contributed by atoms with van der Waals surface area (Å²) in [6, 6.07) is 7.26. The van der Waals surface area contributed by atoms with Gasteiger partial charge in [-0.2, -0.15) is 0 Å². The summed E-state index contributed by atoms with van der Waals surface area (Å²) < 4.78 is 7.28. The van der Waals surface area contributed by atoms with Gasteiger partial charge in [0.25, 0.3) is 5.91 Å². The van der Waals surface area contributed by atoms with E-state index in [4.69, 9.17) is 4.74 Å². The fraction of sp³-hybridized carbons (Fsp3) is 0.375. The van der Waals surface area contributed by atoms with E-state index in [0.717, 1.165) is 12.4 Å². The first-order valence-corrected chi connectivity index (χ1v) is 7.34. The summed E-state index contributed by atoms with van der Waals surface area (Å²) in [5.74, 6) is 1.46. The normalized spacial score (nSPS) is 18.3. The number of carbonyl (C=O) groups is 1. The van der Waals surface area contributed by atoms with Gasteiger partial charge in [0, 0.05) is 39.1 Å². The number of carbonyl (C=O) groups excluding carboxylic acids is 1. The standard InChI is InChI=1S/C16H20N4O2/c1-19-9-8-18-15(19)13-11-17-7-10-20(13)16(21)12-5-3-4-6-14(12)22-2/h3-6,8-9,13,17H,7,10-11H2,1-2H3. The lowest BCUT2D eigenvalue weighted by Crippen LogP contribution is -2.49. The maximum Gasteiger partial charge on any atom is 0.258 e. The molecule has 0 radical (unpaired) electrons. The highest BCUT2D eigenvalue weighted by Gasteiger charge is 2.32. The number of rotatable bonds is 3. The van der Waals surface area contributed by atoms with Gasteiger partial charge in [0.2, 0.25) is 0 Å². The Hall–Kier alpha value is -2.34. The first-order chi connectivity index (χ1) is 10.7. The third kappa shape index (κ3) is 2.57. The van der Waals surface area contributed by atoms with Crippen LogP contribution in [0.3, 0.4) is 0 Å². The highest BCUT2D eigenvalue weighted by molar-refractivity contribution is 5.97. The average Bonchev–Trinajstić information content (AvgIpc) is 3.00. The van der Waals surface area contributed by atoms with Crippen LogP contribution in [-0.2, 0) is 7.05 Å². The molecular formula is C16H20N4O2. The van der Waals surface area contributed by atoms with Crippen LogP contribution in [-0.4, -0.2) is 47.1 Å². The van der Waals surface area contributed by atoms with E-state index in [0.29, 0.717) is 24.4 Å². The lowest BCUT2D eigenvalue weighted by molar-refractivity contribution is 0.0617. The summed E-state index contributed by atoms with van der Waals surface area (Å²) in [4.78, 5) is 19.3. The van der Waals surface area contributed by atoms with Crippen molar-refractivity contribution in [3.8, 4) is 5.75 Å². The average molecular weight is 300 g/mol. The maximum absolute atomic E-state index is 13.0. The van der Waals surface area contributed by atoms with Crippen molar-refractivity contribution >= 4 is 5.91 Å². The predicted molar refractivity (Wildman–Crippen MR) is 82.8 cm³/mol. The molecule has 116 valence electrons. The molecule has 2 heterocycles. The molecule has 3 rings (SSSR count). The molecule has 1 aliphatic heterocycles. The molecule has 1 atom stereocenters. The first kappa shape index (κ1) is 14.6. The summed E-state index contributed by atoms with van der Waals surface area (Å²) in [7, 11) is 3.53. The minimum Gasteiger partial charge on any atom is -0.496 e. The number of piperazine rings is 1. The van der Waals surface area contributed by atoms with E-state index in [2.05, 4.69) is 10.3 Å². The molecule has 6 nitrogen and oxygen atoms in total. The molecular weight excluding hydrogens is 280 g/mol. The van der Waals surface area contributed by atoms with Gasteiger partial charge in [-0.25, -0.2) is 4.98 Å². The fourth-order valence-electron chi connectivity index (χ4n) is 2.85. The van der Waals surface area contributed by atoms with E-state index in [-0.39, 0.29) is 11.9 Å². The van der Waals surface area contributed by atoms with Crippen LogP contribution < -0.4 is 10.1 Å². The van der Waals surface area contributed by atoms with Crippen LogP contribution in [0.15, 0.2) is 36.7 Å². The van der Waals surface area contributed by atoms with Gasteiger partial charge in [0.15, 0.2) is 0 Å². The molecule has 2 aromatic rings. The second kappa shape index (κ2) is 6.19. The molecule has 1 aromatic carbocycles. The molecule has 6 heteroatoms. The Morgan fingerprint density at radius 2 is 2.23 bits per heavy atom. The molecule has 22 heavy (non-hydrogen) atoms. The van der Waals surface area contributed by atoms with Gasteiger partial charge in [0.1, 0.15) is 17.6 Å². The molecule has 1 aliphatic rings. The van der Waals surface area contributed by atoms with Crippen molar-refractivity contribution in [2.75, 3.05) is 26.7 Å². The van der Waals surface area contributed by atoms with E-state index in [1.165, 1.54) is 0 Å². The number of ether oxygens (including phenoxy) is 1. The van der Waals surface area contributed by atoms with Crippen LogP contribution in [0.4, 0.5) is 0 Å². The van der Waals surface area contributed by atoms with Gasteiger partial charge in [-0.3, -0.25) is 4.79 Å². The lowest BCUT2D eigenvalue weighted by Gasteiger charge is -2.36. The Bertz CT molecular complexity index is 668. The maximum atomic E-state index is 13.0. The highest BCUT2D eigenvalue weighted by atomic mass is 16.5. The topological polar surface area (TPSA) is 59.4 Å². The second-order valence-electron chi connectivity index (χ2n) is 5.32. The number of aryl methyl sites for hydroxylation is 1. The third-order valence-electron chi connectivity index (χ3n) is 4.00. The number of hydrogen-bond acceptors (Lipinski definition) is 4. The first-order valence-electron chi connectivity index (χ1n) is 7.34. The van der Waals surface area contributed by atoms with Gasteiger partial charge in [-0.05, 0) is 12.1 Å². The Balaban J connectivity index is 1.94. The molecule has 0 bridgehead atoms. The SMILES string of the molecule is COc1ccccc1C(=O)N1CCNCC1c1nccn1C. The zero-order chi connectivity index (χ0) is 15.5. The zero-order valence-corrected chi connectivity index (χ0v) is 12.8. The van der Waals surface area contributed by atoms with Gasteiger partial charge >= 0.3 is 0 Å². The second-order valence-corrected chi connectivity index (χ2v) is 5.32. The quantitative estimate of drug-likeness (QED) is 0.926. The van der Waals surface area contributed by atoms with Crippen LogP contribution in [0.2, 0.25) is 0 Å². The number of imidazole rings is 1. The molecule has 0 saturated carbocycles. The van der Waals surface area contributed by atoms with E-state index in [9.17, 15) is 4.79 Å². The van der Waals surface area contributed by atoms with Crippen molar-refractivity contribution in [3.63, 3.8) is 0 Å². The Kier molecular flexibility index (Phi) is 4.11. The number of para-hydroxylation sites is 1. The molecule has 0 aliphatic carbocycles. The van der Waals surface area contributed by atoms with E-state index in [1.54, 1.807) is 19.4 Å². The lowest BCUT2D eigenvalue weighted by atomic mass is 10.1. The predicted octanol–water partition coefficient (Wildman–Crippen LogP) is 1.22. The smallest absolute Gasteiger partial charge is 0.258 e. The monoisotopic (exact) mass is 300 g/mol. The molecule has 1 aromatic heterocycles. The van der Waals surface area contributed by atoms with Crippen LogP contribution in [0.1, 0.15) is 22.2 Å². The summed E-state index contributed by atoms with van der Waals surface area (Å²) in [5, 5.41) is 3.34. The largest absolute Gasteiger partial charge is 0.496 e. The Morgan fingerprint density at radius 3 is 2.95 bits per heavy atom. The number of hydrogen-bond donors (Lipinski definition) is 1. The molecule has 1 amide bonds. The number of methoxy groups -OCH3 is 1. The van der Waals surface area contributed by atoms with Crippen molar-refractivity contribution in [1.29, 1.82) is 0 Å². The minimum atomic E-state index is -0.0776. The Morgan fingerprint density at radius 1 is 1.41 bits per heavy atom. The third-order valence-corrected chi connectivity index (χ3v) is 4.00. The Labute approximate surface area is 129 Å². The molecule has 0 spiro atoms. The van der Waals surface area contributed by atoms with Gasteiger partial charge in [0.05, 0.1) is 12.7 Å². The number of amides is 1. The molecule has 1 fully saturated rings. The zero-order valence-electron chi connectivity index (χ0n) is 12.8. The number of benzene rings is 1. The summed E-state index contributed by atoms with van der Waals surface area (Å²) in [5.41, 5.74) is 0.589. The number of nitrogens with zero attached hydrogens (tertiary/aromatic N) is 3. The molecule has 1 unspecified atom stereocenters. The molecule has 1 saturated heterocycles. The summed E-state index contributed by atoms with van der Waals surface area (Å²) in [6.07, 6.45) is 3.66. The van der Waals surface area contributed by atoms with Gasteiger partial charge < -0.3 is 19.5 Å². The fourth-order valence-corrected chi connectivity index (χ4v) is 2.85. The van der Waals surface area contributed by atoms with Crippen LogP contribution in [0, 0.1) is 0 Å². The minimum absolute atomic E-state index is 0.0213. The summed E-state index contributed by atoms with van der Waals surface area (Å²) >= 11 is 0. The van der Waals surface area contributed by atoms with Crippen LogP contribution in [0.25, 0.3) is 0 Å². The highest BCUT2D eigenvalue weighted by Crippen LogP contribution is 2.26. The van der Waals surface area contributed by atoms with E-state index >= 15 is 0 Å². The summed E-state index contributed by atoms with van der Waals surface area (Å²) in [6.45, 7) is 2.13. The molecule has 1 N–H and O–H groups in total. The van der Waals surface area contributed by atoms with E-state index in [1.807, 2.05) is 40.9 Å².